The number of aryl methyl sites for hydroxylation is 1. The van der Waals surface area contributed by atoms with Crippen molar-refractivity contribution in [2.45, 2.75) is 19.9 Å². The van der Waals surface area contributed by atoms with E-state index >= 15 is 0 Å². The van der Waals surface area contributed by atoms with Crippen LogP contribution in [0.4, 0.5) is 5.69 Å². The summed E-state index contributed by atoms with van der Waals surface area (Å²) in [6, 6.07) is 16.3. The molecule has 0 aliphatic rings. The number of nitrogens with zero attached hydrogens (tertiary/aromatic N) is 3. The molecule has 0 unspecified atom stereocenters. The molecule has 5 rings (SSSR count). The van der Waals surface area contributed by atoms with Gasteiger partial charge in [-0.15, -0.1) is 0 Å². The first kappa shape index (κ1) is 23.6. The smallest absolute Gasteiger partial charge is 0.300 e. The lowest BCUT2D eigenvalue weighted by atomic mass is 10.1. The molecule has 0 spiro atoms. The fourth-order valence-electron chi connectivity index (χ4n) is 4.03. The summed E-state index contributed by atoms with van der Waals surface area (Å²) in [5.41, 5.74) is 8.33. The Kier molecular flexibility index (Phi) is 6.56. The fraction of sp³-hybridized carbons (Fsp3) is 0.160. The Morgan fingerprint density at radius 1 is 1.17 bits per heavy atom. The van der Waals surface area contributed by atoms with Crippen LogP contribution in [0.2, 0.25) is 0 Å². The molecule has 0 saturated heterocycles. The van der Waals surface area contributed by atoms with Crippen molar-refractivity contribution >= 4 is 44.4 Å². The van der Waals surface area contributed by atoms with Gasteiger partial charge in [0.05, 0.1) is 21.5 Å². The van der Waals surface area contributed by atoms with Crippen LogP contribution in [-0.4, -0.2) is 37.1 Å². The number of fused-ring (bicyclic) bond motifs is 4. The number of H-pyrrole nitrogens is 1. The number of nitrogens with two attached hydrogens (primary N) is 1. The Balaban J connectivity index is 0.000000672. The Morgan fingerprint density at radius 2 is 1.91 bits per heavy atom. The summed E-state index contributed by atoms with van der Waals surface area (Å²) < 4.78 is 1.90. The maximum atomic E-state index is 13.0. The second-order valence-electron chi connectivity index (χ2n) is 7.95. The minimum atomic E-state index is -0.833. The summed E-state index contributed by atoms with van der Waals surface area (Å²) in [7, 11) is 0. The summed E-state index contributed by atoms with van der Waals surface area (Å²) in [4.78, 5) is 40.5. The van der Waals surface area contributed by atoms with Crippen molar-refractivity contribution in [2.75, 3.05) is 6.54 Å². The summed E-state index contributed by atoms with van der Waals surface area (Å²) in [5, 5.41) is 21.4. The standard InChI is InChI=1S/C23H19N5O3.C2H4O2/c24-10-3-11-27-13-18(17-8-7-15(28(30)31)12-20(17)27)22-23(29)25-19-9-6-14-4-1-2-5-16(14)21(19)26-22;1-2(3)4/h1-2,4-9,12-13H,3,10-11,24H2,(H,25,29);1H3,(H,3,4). The zero-order valence-electron chi connectivity index (χ0n) is 18.9. The van der Waals surface area contributed by atoms with E-state index in [0.717, 1.165) is 23.1 Å². The molecule has 4 N–H and O–H groups in total. The van der Waals surface area contributed by atoms with Gasteiger partial charge in [-0.1, -0.05) is 30.3 Å². The van der Waals surface area contributed by atoms with Gasteiger partial charge in [0.1, 0.15) is 5.69 Å². The normalized spacial score (nSPS) is 10.9. The molecule has 0 saturated carbocycles. The van der Waals surface area contributed by atoms with Gasteiger partial charge in [0, 0.05) is 48.1 Å². The van der Waals surface area contributed by atoms with Gasteiger partial charge >= 0.3 is 0 Å². The van der Waals surface area contributed by atoms with Gasteiger partial charge in [-0.3, -0.25) is 19.7 Å². The molecule has 0 fully saturated rings. The number of hydrogen-bond donors (Lipinski definition) is 3. The second kappa shape index (κ2) is 9.74. The highest BCUT2D eigenvalue weighted by Gasteiger charge is 2.18. The summed E-state index contributed by atoms with van der Waals surface area (Å²) in [6.07, 6.45) is 2.54. The van der Waals surface area contributed by atoms with E-state index in [1.165, 1.54) is 12.1 Å². The number of aliphatic carboxylic acids is 1. The van der Waals surface area contributed by atoms with Crippen LogP contribution >= 0.6 is 0 Å². The van der Waals surface area contributed by atoms with Crippen molar-refractivity contribution in [1.29, 1.82) is 0 Å². The Bertz CT molecular complexity index is 1630. The van der Waals surface area contributed by atoms with Crippen LogP contribution in [-0.2, 0) is 11.3 Å². The number of nitrogens with one attached hydrogen (secondary N) is 1. The van der Waals surface area contributed by atoms with Crippen molar-refractivity contribution in [2.24, 2.45) is 5.73 Å². The molecule has 2 heterocycles. The number of carbonyl (C=O) groups is 1. The number of nitro benzene ring substituents is 1. The molecule has 0 amide bonds. The van der Waals surface area contributed by atoms with Crippen LogP contribution in [0.3, 0.4) is 0 Å². The van der Waals surface area contributed by atoms with E-state index in [4.69, 9.17) is 20.6 Å². The number of carboxylic acids is 1. The summed E-state index contributed by atoms with van der Waals surface area (Å²) in [5.74, 6) is -0.833. The molecule has 35 heavy (non-hydrogen) atoms. The third-order valence-corrected chi connectivity index (χ3v) is 5.52. The van der Waals surface area contributed by atoms with Gasteiger partial charge in [0.15, 0.2) is 0 Å². The maximum Gasteiger partial charge on any atom is 0.300 e. The molecule has 0 bridgehead atoms. The molecule has 0 aliphatic heterocycles. The van der Waals surface area contributed by atoms with Crippen molar-refractivity contribution in [3.8, 4) is 11.3 Å². The van der Waals surface area contributed by atoms with Crippen LogP contribution in [0.15, 0.2) is 65.6 Å². The highest BCUT2D eigenvalue weighted by molar-refractivity contribution is 6.05. The number of nitro groups is 1. The molecule has 178 valence electrons. The van der Waals surface area contributed by atoms with Crippen LogP contribution in [0, 0.1) is 10.1 Å². The van der Waals surface area contributed by atoms with Gasteiger partial charge in [-0.25, -0.2) is 4.98 Å². The Hall–Kier alpha value is -4.57. The van der Waals surface area contributed by atoms with Crippen LogP contribution in [0.25, 0.3) is 44.0 Å². The van der Waals surface area contributed by atoms with E-state index in [2.05, 4.69) is 4.98 Å². The minimum Gasteiger partial charge on any atom is -0.481 e. The highest BCUT2D eigenvalue weighted by Crippen LogP contribution is 2.32. The summed E-state index contributed by atoms with van der Waals surface area (Å²) >= 11 is 0. The van der Waals surface area contributed by atoms with E-state index in [0.29, 0.717) is 41.6 Å². The number of aromatic nitrogens is 3. The highest BCUT2D eigenvalue weighted by atomic mass is 16.6. The number of non-ortho nitro benzene ring substituents is 1. The molecule has 2 aromatic heterocycles. The topological polar surface area (TPSA) is 157 Å². The maximum absolute atomic E-state index is 13.0. The SMILES string of the molecule is CC(=O)O.NCCCn1cc(-c2nc3c(ccc4ccccc43)[nH]c2=O)c2ccc([N+](=O)[O-])cc21. The molecule has 10 heteroatoms. The molecule has 0 aliphatic carbocycles. The van der Waals surface area contributed by atoms with Crippen molar-refractivity contribution in [3.05, 3.63) is 81.3 Å². The van der Waals surface area contributed by atoms with Crippen molar-refractivity contribution in [1.82, 2.24) is 14.5 Å². The van der Waals surface area contributed by atoms with Crippen molar-refractivity contribution < 1.29 is 14.8 Å². The lowest BCUT2D eigenvalue weighted by Gasteiger charge is -2.05. The quantitative estimate of drug-likeness (QED) is 0.197. The molecule has 0 radical (unpaired) electrons. The van der Waals surface area contributed by atoms with E-state index < -0.39 is 10.9 Å². The molecule has 3 aromatic carbocycles. The van der Waals surface area contributed by atoms with Crippen molar-refractivity contribution in [3.63, 3.8) is 0 Å². The van der Waals surface area contributed by atoms with E-state index in [1.54, 1.807) is 6.07 Å². The largest absolute Gasteiger partial charge is 0.481 e. The second-order valence-corrected chi connectivity index (χ2v) is 7.95. The average Bonchev–Trinajstić information content (AvgIpc) is 3.19. The van der Waals surface area contributed by atoms with Gasteiger partial charge in [0.25, 0.3) is 17.2 Å². The van der Waals surface area contributed by atoms with Crippen LogP contribution in [0.5, 0.6) is 0 Å². The van der Waals surface area contributed by atoms with E-state index in [1.807, 2.05) is 47.2 Å². The lowest BCUT2D eigenvalue weighted by molar-refractivity contribution is -0.384. The number of aromatic amines is 1. The zero-order chi connectivity index (χ0) is 25.1. The van der Waals surface area contributed by atoms with E-state index in [9.17, 15) is 14.9 Å². The van der Waals surface area contributed by atoms with Gasteiger partial charge < -0.3 is 20.4 Å². The Morgan fingerprint density at radius 3 is 2.63 bits per heavy atom. The molecular weight excluding hydrogens is 450 g/mol. The Labute approximate surface area is 198 Å². The predicted molar refractivity (Wildman–Crippen MR) is 134 cm³/mol. The monoisotopic (exact) mass is 473 g/mol. The first-order valence-corrected chi connectivity index (χ1v) is 10.9. The first-order chi connectivity index (χ1) is 16.8. The van der Waals surface area contributed by atoms with Crippen LogP contribution in [0.1, 0.15) is 13.3 Å². The molecular formula is C25H23N5O5. The summed E-state index contributed by atoms with van der Waals surface area (Å²) in [6.45, 7) is 2.16. The van der Waals surface area contributed by atoms with Gasteiger partial charge in [-0.05, 0) is 30.5 Å². The predicted octanol–water partition coefficient (Wildman–Crippen LogP) is 4.05. The third-order valence-electron chi connectivity index (χ3n) is 5.52. The molecule has 10 nitrogen and oxygen atoms in total. The third kappa shape index (κ3) is 4.73. The van der Waals surface area contributed by atoms with Gasteiger partial charge in [-0.2, -0.15) is 0 Å². The minimum absolute atomic E-state index is 0.00229. The number of benzene rings is 3. The number of rotatable bonds is 5. The first-order valence-electron chi connectivity index (χ1n) is 10.9. The zero-order valence-corrected chi connectivity index (χ0v) is 18.9. The number of hydrogen-bond acceptors (Lipinski definition) is 6. The van der Waals surface area contributed by atoms with E-state index in [-0.39, 0.29) is 16.9 Å². The average molecular weight is 473 g/mol. The van der Waals surface area contributed by atoms with Gasteiger partial charge in [0.2, 0.25) is 0 Å². The lowest BCUT2D eigenvalue weighted by Crippen LogP contribution is -2.11. The molecule has 0 atom stereocenters. The fourth-order valence-corrected chi connectivity index (χ4v) is 4.03. The number of carboxylic acid groups (broad SMARTS) is 1. The van der Waals surface area contributed by atoms with Crippen LogP contribution < -0.4 is 11.3 Å². The molecule has 5 aromatic rings.